The molecule has 2 rings (SSSR count). The lowest BCUT2D eigenvalue weighted by atomic mass is 10.2. The summed E-state index contributed by atoms with van der Waals surface area (Å²) in [6.07, 6.45) is 1.80. The molecular formula is C12H14F2N4O. The van der Waals surface area contributed by atoms with Crippen LogP contribution >= 0.6 is 0 Å². The first-order valence-electron chi connectivity index (χ1n) is 5.84. The third-order valence-electron chi connectivity index (χ3n) is 2.89. The van der Waals surface area contributed by atoms with Crippen molar-refractivity contribution in [3.63, 3.8) is 0 Å². The van der Waals surface area contributed by atoms with Gasteiger partial charge in [0.05, 0.1) is 11.7 Å². The molecule has 1 aromatic rings. The van der Waals surface area contributed by atoms with Crippen molar-refractivity contribution in [1.82, 2.24) is 5.32 Å². The van der Waals surface area contributed by atoms with Crippen molar-refractivity contribution in [3.05, 3.63) is 29.8 Å². The fourth-order valence-corrected chi connectivity index (χ4v) is 1.77. The standard InChI is InChI=1S/C12H14F2N4O/c13-7-3-4-9(8(14)5-7)17-12(19)18-10(11(15)16)6-1-2-6/h3-6,10H,1-2H2,(H3,15,16)(H2,17,18,19). The smallest absolute Gasteiger partial charge is 0.319 e. The first-order chi connectivity index (χ1) is 8.97. The summed E-state index contributed by atoms with van der Waals surface area (Å²) in [6, 6.07) is 1.65. The minimum absolute atomic E-state index is 0.128. The normalized spacial score (nSPS) is 15.7. The number of benzene rings is 1. The second-order valence-electron chi connectivity index (χ2n) is 4.49. The van der Waals surface area contributed by atoms with E-state index in [2.05, 4.69) is 10.6 Å². The number of carbonyl (C=O) groups is 1. The number of urea groups is 1. The van der Waals surface area contributed by atoms with Gasteiger partial charge in [0.1, 0.15) is 17.5 Å². The van der Waals surface area contributed by atoms with E-state index >= 15 is 0 Å². The van der Waals surface area contributed by atoms with Gasteiger partial charge in [0.15, 0.2) is 0 Å². The van der Waals surface area contributed by atoms with E-state index < -0.39 is 23.7 Å². The predicted molar refractivity (Wildman–Crippen MR) is 66.9 cm³/mol. The molecule has 7 heteroatoms. The van der Waals surface area contributed by atoms with Gasteiger partial charge in [-0.1, -0.05) is 0 Å². The van der Waals surface area contributed by atoms with E-state index in [9.17, 15) is 13.6 Å². The van der Waals surface area contributed by atoms with E-state index in [0.29, 0.717) is 6.07 Å². The SMILES string of the molecule is N=C(N)C(NC(=O)Nc1ccc(F)cc1F)C1CC1. The van der Waals surface area contributed by atoms with E-state index in [-0.39, 0.29) is 17.4 Å². The third-order valence-corrected chi connectivity index (χ3v) is 2.89. The van der Waals surface area contributed by atoms with Gasteiger partial charge in [-0.25, -0.2) is 13.6 Å². The van der Waals surface area contributed by atoms with Crippen LogP contribution in [0.25, 0.3) is 0 Å². The summed E-state index contributed by atoms with van der Waals surface area (Å²) in [5.74, 6) is -1.54. The number of amides is 2. The lowest BCUT2D eigenvalue weighted by Gasteiger charge is -2.17. The minimum Gasteiger partial charge on any atom is -0.386 e. The second-order valence-corrected chi connectivity index (χ2v) is 4.49. The molecule has 1 atom stereocenters. The van der Waals surface area contributed by atoms with Crippen molar-refractivity contribution in [2.45, 2.75) is 18.9 Å². The van der Waals surface area contributed by atoms with Crippen LogP contribution in [-0.2, 0) is 0 Å². The monoisotopic (exact) mass is 268 g/mol. The van der Waals surface area contributed by atoms with E-state index in [1.54, 1.807) is 0 Å². The van der Waals surface area contributed by atoms with E-state index in [4.69, 9.17) is 11.1 Å². The molecular weight excluding hydrogens is 254 g/mol. The van der Waals surface area contributed by atoms with Crippen molar-refractivity contribution in [1.29, 1.82) is 5.41 Å². The van der Waals surface area contributed by atoms with Crippen LogP contribution in [0.1, 0.15) is 12.8 Å². The van der Waals surface area contributed by atoms with Crippen LogP contribution in [0.3, 0.4) is 0 Å². The maximum Gasteiger partial charge on any atom is 0.319 e. The summed E-state index contributed by atoms with van der Waals surface area (Å²) in [7, 11) is 0. The Hall–Kier alpha value is -2.18. The fourth-order valence-electron chi connectivity index (χ4n) is 1.77. The Balaban J connectivity index is 1.98. The highest BCUT2D eigenvalue weighted by Gasteiger charge is 2.34. The van der Waals surface area contributed by atoms with Gasteiger partial charge in [-0.15, -0.1) is 0 Å². The molecule has 0 bridgehead atoms. The van der Waals surface area contributed by atoms with Crippen molar-refractivity contribution in [2.75, 3.05) is 5.32 Å². The summed E-state index contributed by atoms with van der Waals surface area (Å²) in [6.45, 7) is 0. The summed E-state index contributed by atoms with van der Waals surface area (Å²) in [4.78, 5) is 11.7. The van der Waals surface area contributed by atoms with Crippen LogP contribution in [-0.4, -0.2) is 17.9 Å². The number of nitrogens with one attached hydrogen (secondary N) is 3. The highest BCUT2D eigenvalue weighted by molar-refractivity contribution is 5.94. The molecule has 0 saturated heterocycles. The average Bonchev–Trinajstić information content (AvgIpc) is 3.13. The second kappa shape index (κ2) is 5.21. The lowest BCUT2D eigenvalue weighted by Crippen LogP contribution is -2.47. The first kappa shape index (κ1) is 13.3. The summed E-state index contributed by atoms with van der Waals surface area (Å²) >= 11 is 0. The van der Waals surface area contributed by atoms with Crippen molar-refractivity contribution < 1.29 is 13.6 Å². The molecule has 1 aromatic carbocycles. The molecule has 5 N–H and O–H groups in total. The quantitative estimate of drug-likeness (QED) is 0.495. The molecule has 1 unspecified atom stereocenters. The number of amidine groups is 1. The maximum absolute atomic E-state index is 13.3. The fraction of sp³-hybridized carbons (Fsp3) is 0.333. The molecule has 1 saturated carbocycles. The van der Waals surface area contributed by atoms with Crippen molar-refractivity contribution in [2.24, 2.45) is 11.7 Å². The first-order valence-corrected chi connectivity index (χ1v) is 5.84. The molecule has 5 nitrogen and oxygen atoms in total. The summed E-state index contributed by atoms with van der Waals surface area (Å²) in [5, 5.41) is 12.1. The molecule has 102 valence electrons. The van der Waals surface area contributed by atoms with Crippen LogP contribution in [0.4, 0.5) is 19.3 Å². The Kier molecular flexibility index (Phi) is 3.64. The zero-order valence-electron chi connectivity index (χ0n) is 10.0. The van der Waals surface area contributed by atoms with E-state index in [1.165, 1.54) is 0 Å². The largest absolute Gasteiger partial charge is 0.386 e. The Morgan fingerprint density at radius 3 is 2.63 bits per heavy atom. The lowest BCUT2D eigenvalue weighted by molar-refractivity contribution is 0.249. The predicted octanol–water partition coefficient (Wildman–Crippen LogP) is 1.80. The Labute approximate surface area is 108 Å². The molecule has 0 aromatic heterocycles. The molecule has 1 fully saturated rings. The Morgan fingerprint density at radius 1 is 1.42 bits per heavy atom. The number of hydrogen-bond donors (Lipinski definition) is 4. The van der Waals surface area contributed by atoms with Gasteiger partial charge in [0, 0.05) is 6.07 Å². The van der Waals surface area contributed by atoms with Crippen LogP contribution in [0.15, 0.2) is 18.2 Å². The van der Waals surface area contributed by atoms with Crippen LogP contribution in [0.5, 0.6) is 0 Å². The number of anilines is 1. The highest BCUT2D eigenvalue weighted by Crippen LogP contribution is 2.32. The summed E-state index contributed by atoms with van der Waals surface area (Å²) < 4.78 is 26.0. The van der Waals surface area contributed by atoms with Gasteiger partial charge in [-0.05, 0) is 30.9 Å². The van der Waals surface area contributed by atoms with Gasteiger partial charge in [-0.3, -0.25) is 5.41 Å². The third kappa shape index (κ3) is 3.40. The molecule has 1 aliphatic rings. The molecule has 19 heavy (non-hydrogen) atoms. The van der Waals surface area contributed by atoms with Crippen molar-refractivity contribution in [3.8, 4) is 0 Å². The van der Waals surface area contributed by atoms with Gasteiger partial charge < -0.3 is 16.4 Å². The van der Waals surface area contributed by atoms with Gasteiger partial charge in [0.25, 0.3) is 0 Å². The molecule has 0 radical (unpaired) electrons. The molecule has 2 amide bonds. The molecule has 0 aliphatic heterocycles. The maximum atomic E-state index is 13.3. The zero-order chi connectivity index (χ0) is 14.0. The van der Waals surface area contributed by atoms with E-state index in [1.807, 2.05) is 0 Å². The van der Waals surface area contributed by atoms with Gasteiger partial charge in [-0.2, -0.15) is 0 Å². The zero-order valence-corrected chi connectivity index (χ0v) is 10.0. The Morgan fingerprint density at radius 2 is 2.11 bits per heavy atom. The van der Waals surface area contributed by atoms with Gasteiger partial charge in [0.2, 0.25) is 0 Å². The number of halogens is 2. The topological polar surface area (TPSA) is 91.0 Å². The molecule has 1 aliphatic carbocycles. The molecule has 0 heterocycles. The van der Waals surface area contributed by atoms with Gasteiger partial charge >= 0.3 is 6.03 Å². The molecule has 0 spiro atoms. The minimum atomic E-state index is -0.860. The summed E-state index contributed by atoms with van der Waals surface area (Å²) in [5.41, 5.74) is 5.26. The Bertz CT molecular complexity index is 516. The number of rotatable bonds is 4. The number of carbonyl (C=O) groups excluding carboxylic acids is 1. The average molecular weight is 268 g/mol. The number of nitrogens with two attached hydrogens (primary N) is 1. The van der Waals surface area contributed by atoms with Crippen molar-refractivity contribution >= 4 is 17.6 Å². The van der Waals surface area contributed by atoms with E-state index in [0.717, 1.165) is 25.0 Å². The number of hydrogen-bond acceptors (Lipinski definition) is 2. The van der Waals surface area contributed by atoms with Crippen LogP contribution < -0.4 is 16.4 Å². The van der Waals surface area contributed by atoms with Crippen LogP contribution in [0, 0.1) is 23.0 Å². The van der Waals surface area contributed by atoms with Crippen LogP contribution in [0.2, 0.25) is 0 Å². The highest BCUT2D eigenvalue weighted by atomic mass is 19.1.